The Kier molecular flexibility index (Phi) is 5.78. The predicted octanol–water partition coefficient (Wildman–Crippen LogP) is 4.06. The summed E-state index contributed by atoms with van der Waals surface area (Å²) in [6, 6.07) is 11.4. The van der Waals surface area contributed by atoms with E-state index in [1.807, 2.05) is 6.92 Å². The van der Waals surface area contributed by atoms with Crippen molar-refractivity contribution in [2.45, 2.75) is 25.8 Å². The van der Waals surface area contributed by atoms with Crippen LogP contribution in [-0.2, 0) is 9.59 Å². The van der Waals surface area contributed by atoms with Gasteiger partial charge in [-0.15, -0.1) is 0 Å². The summed E-state index contributed by atoms with van der Waals surface area (Å²) >= 11 is 0. The molecule has 2 aromatic rings. The molecular weight excluding hydrogens is 361 g/mol. The number of methoxy groups -OCH3 is 1. The molecule has 1 aliphatic rings. The SMILES string of the molecule is CCCCN1C(=O)C(=O)/C(=C(/O)c2ccc(OC)cc2)[C@@H]1c1ccc(F)cc1. The lowest BCUT2D eigenvalue weighted by Gasteiger charge is -2.25. The highest BCUT2D eigenvalue weighted by atomic mass is 19.1. The summed E-state index contributed by atoms with van der Waals surface area (Å²) in [6.45, 7) is 2.36. The lowest BCUT2D eigenvalue weighted by atomic mass is 9.95. The van der Waals surface area contributed by atoms with Crippen molar-refractivity contribution in [2.24, 2.45) is 0 Å². The number of ether oxygens (including phenoxy) is 1. The molecule has 0 saturated carbocycles. The van der Waals surface area contributed by atoms with Crippen LogP contribution in [0.4, 0.5) is 4.39 Å². The fourth-order valence-electron chi connectivity index (χ4n) is 3.34. The monoisotopic (exact) mass is 383 g/mol. The maximum Gasteiger partial charge on any atom is 0.295 e. The third-order valence-corrected chi connectivity index (χ3v) is 4.84. The van der Waals surface area contributed by atoms with Gasteiger partial charge in [-0.1, -0.05) is 25.5 Å². The highest BCUT2D eigenvalue weighted by Crippen LogP contribution is 2.39. The van der Waals surface area contributed by atoms with Crippen LogP contribution in [0.25, 0.3) is 5.76 Å². The normalized spacial score (nSPS) is 18.5. The van der Waals surface area contributed by atoms with Crippen LogP contribution in [-0.4, -0.2) is 35.4 Å². The second kappa shape index (κ2) is 8.25. The van der Waals surface area contributed by atoms with Crippen LogP contribution >= 0.6 is 0 Å². The van der Waals surface area contributed by atoms with Crippen LogP contribution in [0, 0.1) is 5.82 Å². The van der Waals surface area contributed by atoms with Crippen LogP contribution in [0.5, 0.6) is 5.75 Å². The van der Waals surface area contributed by atoms with E-state index in [1.165, 1.54) is 36.3 Å². The molecule has 0 unspecified atom stereocenters. The lowest BCUT2D eigenvalue weighted by Crippen LogP contribution is -2.30. The molecule has 1 aliphatic heterocycles. The molecule has 1 N–H and O–H groups in total. The van der Waals surface area contributed by atoms with E-state index >= 15 is 0 Å². The van der Waals surface area contributed by atoms with Crippen molar-refractivity contribution < 1.29 is 23.8 Å². The van der Waals surface area contributed by atoms with Gasteiger partial charge in [-0.3, -0.25) is 9.59 Å². The van der Waals surface area contributed by atoms with Crippen LogP contribution in [0.15, 0.2) is 54.1 Å². The van der Waals surface area contributed by atoms with E-state index in [9.17, 15) is 19.1 Å². The molecule has 1 saturated heterocycles. The minimum absolute atomic E-state index is 0.0119. The third-order valence-electron chi connectivity index (χ3n) is 4.84. The van der Waals surface area contributed by atoms with Crippen molar-refractivity contribution in [1.29, 1.82) is 0 Å². The molecule has 28 heavy (non-hydrogen) atoms. The number of benzene rings is 2. The number of hydrogen-bond acceptors (Lipinski definition) is 4. The Balaban J connectivity index is 2.12. The first-order valence-corrected chi connectivity index (χ1v) is 9.16. The second-order valence-corrected chi connectivity index (χ2v) is 6.63. The number of likely N-dealkylation sites (tertiary alicyclic amines) is 1. The second-order valence-electron chi connectivity index (χ2n) is 6.63. The molecule has 0 aromatic heterocycles. The Hall–Kier alpha value is -3.15. The average molecular weight is 383 g/mol. The molecule has 1 amide bonds. The van der Waals surface area contributed by atoms with Gasteiger partial charge in [0.1, 0.15) is 17.3 Å². The molecule has 3 rings (SSSR count). The molecule has 146 valence electrons. The zero-order chi connectivity index (χ0) is 20.3. The average Bonchev–Trinajstić information content (AvgIpc) is 2.97. The number of unbranched alkanes of at least 4 members (excludes halogenated alkanes) is 1. The summed E-state index contributed by atoms with van der Waals surface area (Å²) in [5, 5.41) is 10.9. The van der Waals surface area contributed by atoms with Crippen molar-refractivity contribution in [1.82, 2.24) is 4.90 Å². The fraction of sp³-hybridized carbons (Fsp3) is 0.273. The first-order valence-electron chi connectivity index (χ1n) is 9.16. The number of carbonyl (C=O) groups excluding carboxylic acids is 2. The number of aliphatic hydroxyl groups excluding tert-OH is 1. The van der Waals surface area contributed by atoms with E-state index in [2.05, 4.69) is 0 Å². The van der Waals surface area contributed by atoms with Gasteiger partial charge in [0.2, 0.25) is 0 Å². The number of hydrogen-bond donors (Lipinski definition) is 1. The molecular formula is C22H22FNO4. The molecule has 0 bridgehead atoms. The van der Waals surface area contributed by atoms with Crippen molar-refractivity contribution in [3.05, 3.63) is 71.0 Å². The van der Waals surface area contributed by atoms with Gasteiger partial charge in [-0.2, -0.15) is 0 Å². The number of aliphatic hydroxyl groups is 1. The summed E-state index contributed by atoms with van der Waals surface area (Å²) < 4.78 is 18.5. The van der Waals surface area contributed by atoms with Crippen LogP contribution < -0.4 is 4.74 Å². The number of carbonyl (C=O) groups is 2. The van der Waals surface area contributed by atoms with Crippen LogP contribution in [0.3, 0.4) is 0 Å². The third kappa shape index (κ3) is 3.63. The largest absolute Gasteiger partial charge is 0.507 e. The minimum atomic E-state index is -0.755. The van der Waals surface area contributed by atoms with E-state index in [0.29, 0.717) is 29.8 Å². The minimum Gasteiger partial charge on any atom is -0.507 e. The van der Waals surface area contributed by atoms with E-state index in [4.69, 9.17) is 4.74 Å². The summed E-state index contributed by atoms with van der Waals surface area (Å²) in [4.78, 5) is 26.9. The molecule has 1 heterocycles. The van der Waals surface area contributed by atoms with Crippen LogP contribution in [0.1, 0.15) is 36.9 Å². The summed E-state index contributed by atoms with van der Waals surface area (Å²) in [5.41, 5.74) is 0.992. The van der Waals surface area contributed by atoms with Gasteiger partial charge in [-0.05, 0) is 48.4 Å². The standard InChI is InChI=1S/C22H22FNO4/c1-3-4-13-24-19(14-5-9-16(23)10-6-14)18(21(26)22(24)27)20(25)15-7-11-17(28-2)12-8-15/h5-12,19,25H,3-4,13H2,1-2H3/b20-18+/t19-/m0/s1. The van der Waals surface area contributed by atoms with Crippen molar-refractivity contribution in [3.8, 4) is 5.75 Å². The van der Waals surface area contributed by atoms with Gasteiger partial charge < -0.3 is 14.7 Å². The van der Waals surface area contributed by atoms with E-state index in [-0.39, 0.29) is 11.3 Å². The molecule has 0 aliphatic carbocycles. The van der Waals surface area contributed by atoms with Gasteiger partial charge in [0.05, 0.1) is 18.7 Å². The lowest BCUT2D eigenvalue weighted by molar-refractivity contribution is -0.139. The number of Topliss-reactive ketones (excluding diaryl/α,β-unsaturated/α-hetero) is 1. The first-order chi connectivity index (χ1) is 13.5. The molecule has 1 atom stereocenters. The van der Waals surface area contributed by atoms with Crippen molar-refractivity contribution in [3.63, 3.8) is 0 Å². The van der Waals surface area contributed by atoms with Crippen molar-refractivity contribution in [2.75, 3.05) is 13.7 Å². The highest BCUT2D eigenvalue weighted by molar-refractivity contribution is 6.46. The maximum atomic E-state index is 13.4. The first kappa shape index (κ1) is 19.6. The van der Waals surface area contributed by atoms with Crippen LogP contribution in [0.2, 0.25) is 0 Å². The van der Waals surface area contributed by atoms with Gasteiger partial charge in [0.25, 0.3) is 11.7 Å². The number of rotatable bonds is 6. The number of ketones is 1. The Labute approximate surface area is 163 Å². The maximum absolute atomic E-state index is 13.4. The summed E-state index contributed by atoms with van der Waals surface area (Å²) in [6.07, 6.45) is 1.56. The molecule has 2 aromatic carbocycles. The fourth-order valence-corrected chi connectivity index (χ4v) is 3.34. The summed E-state index contributed by atoms with van der Waals surface area (Å²) in [7, 11) is 1.53. The number of amides is 1. The molecule has 0 spiro atoms. The molecule has 6 heteroatoms. The zero-order valence-electron chi connectivity index (χ0n) is 15.8. The molecule has 1 fully saturated rings. The van der Waals surface area contributed by atoms with E-state index < -0.39 is 23.5 Å². The van der Waals surface area contributed by atoms with Gasteiger partial charge >= 0.3 is 0 Å². The quantitative estimate of drug-likeness (QED) is 0.464. The Morgan fingerprint density at radius 3 is 2.32 bits per heavy atom. The van der Waals surface area contributed by atoms with Gasteiger partial charge in [0, 0.05) is 12.1 Å². The molecule has 5 nitrogen and oxygen atoms in total. The summed E-state index contributed by atoms with van der Waals surface area (Å²) in [5.74, 6) is -1.45. The highest BCUT2D eigenvalue weighted by Gasteiger charge is 2.45. The smallest absolute Gasteiger partial charge is 0.295 e. The number of halogens is 1. The van der Waals surface area contributed by atoms with Gasteiger partial charge in [-0.25, -0.2) is 4.39 Å². The number of nitrogens with zero attached hydrogens (tertiary/aromatic N) is 1. The Bertz CT molecular complexity index is 903. The predicted molar refractivity (Wildman–Crippen MR) is 103 cm³/mol. The zero-order valence-corrected chi connectivity index (χ0v) is 15.8. The topological polar surface area (TPSA) is 66.8 Å². The molecule has 0 radical (unpaired) electrons. The van der Waals surface area contributed by atoms with E-state index in [1.54, 1.807) is 24.3 Å². The van der Waals surface area contributed by atoms with E-state index in [0.717, 1.165) is 6.42 Å². The van der Waals surface area contributed by atoms with Crippen molar-refractivity contribution >= 4 is 17.4 Å². The Morgan fingerprint density at radius 2 is 1.75 bits per heavy atom. The Morgan fingerprint density at radius 1 is 1.11 bits per heavy atom. The van der Waals surface area contributed by atoms with Gasteiger partial charge in [0.15, 0.2) is 0 Å².